The van der Waals surface area contributed by atoms with Crippen molar-refractivity contribution >= 4 is 51.7 Å². The molecule has 1 aromatic carbocycles. The number of rotatable bonds is 4. The third-order valence-electron chi connectivity index (χ3n) is 6.79. The number of carbonyl (C=O) groups is 1. The van der Waals surface area contributed by atoms with E-state index in [1.165, 1.54) is 21.4 Å². The van der Waals surface area contributed by atoms with Crippen LogP contribution in [0.25, 0.3) is 11.7 Å². The molecule has 190 valence electrons. The fourth-order valence-corrected chi connectivity index (χ4v) is 6.08. The number of pyridine rings is 1. The van der Waals surface area contributed by atoms with Gasteiger partial charge >= 0.3 is 0 Å². The lowest BCUT2D eigenvalue weighted by Gasteiger charge is -2.38. The second kappa shape index (κ2) is 9.64. The SMILES string of the molecule is O=C1/C(=C\c2c(N3CCC4(CC3)OCCO4)nc3ccccn3c2=O)SC(=S)N1Cc1ccc(F)cc1. The Labute approximate surface area is 221 Å². The van der Waals surface area contributed by atoms with Crippen LogP contribution in [0.5, 0.6) is 0 Å². The summed E-state index contributed by atoms with van der Waals surface area (Å²) >= 11 is 6.62. The molecule has 3 aliphatic heterocycles. The van der Waals surface area contributed by atoms with Gasteiger partial charge in [0.25, 0.3) is 11.5 Å². The quantitative estimate of drug-likeness (QED) is 0.369. The van der Waals surface area contributed by atoms with Gasteiger partial charge in [-0.2, -0.15) is 0 Å². The van der Waals surface area contributed by atoms with E-state index in [2.05, 4.69) is 4.90 Å². The first-order valence-corrected chi connectivity index (χ1v) is 13.2. The number of anilines is 1. The van der Waals surface area contributed by atoms with Gasteiger partial charge in [-0.25, -0.2) is 9.37 Å². The van der Waals surface area contributed by atoms with Crippen molar-refractivity contribution in [2.45, 2.75) is 25.2 Å². The fraction of sp³-hybridized carbons (Fsp3) is 0.308. The van der Waals surface area contributed by atoms with E-state index in [9.17, 15) is 14.0 Å². The normalized spacial score (nSPS) is 20.6. The predicted molar refractivity (Wildman–Crippen MR) is 143 cm³/mol. The minimum atomic E-state index is -0.564. The van der Waals surface area contributed by atoms with Crippen LogP contribution in [0, 0.1) is 5.82 Å². The third-order valence-corrected chi connectivity index (χ3v) is 8.17. The van der Waals surface area contributed by atoms with Crippen molar-refractivity contribution < 1.29 is 18.7 Å². The van der Waals surface area contributed by atoms with Crippen LogP contribution in [0.15, 0.2) is 58.4 Å². The number of piperidine rings is 1. The summed E-state index contributed by atoms with van der Waals surface area (Å²) in [6.45, 7) is 2.59. The molecule has 3 aromatic rings. The summed E-state index contributed by atoms with van der Waals surface area (Å²) < 4.78 is 26.9. The Morgan fingerprint density at radius 3 is 2.54 bits per heavy atom. The monoisotopic (exact) mass is 538 g/mol. The zero-order valence-corrected chi connectivity index (χ0v) is 21.4. The van der Waals surface area contributed by atoms with E-state index in [0.29, 0.717) is 65.4 Å². The Kier molecular flexibility index (Phi) is 6.31. The van der Waals surface area contributed by atoms with E-state index in [1.54, 1.807) is 36.5 Å². The van der Waals surface area contributed by atoms with Crippen LogP contribution in [0.1, 0.15) is 24.0 Å². The number of ether oxygens (including phenoxy) is 2. The molecule has 1 amide bonds. The number of hydrogen-bond donors (Lipinski definition) is 0. The summed E-state index contributed by atoms with van der Waals surface area (Å²) in [4.78, 5) is 35.6. The maximum absolute atomic E-state index is 13.6. The van der Waals surface area contributed by atoms with Crippen LogP contribution in [0.4, 0.5) is 10.2 Å². The van der Waals surface area contributed by atoms with Crippen molar-refractivity contribution in [1.82, 2.24) is 14.3 Å². The van der Waals surface area contributed by atoms with Crippen molar-refractivity contribution in [2.24, 2.45) is 0 Å². The van der Waals surface area contributed by atoms with Gasteiger partial charge in [-0.05, 0) is 35.9 Å². The standard InChI is InChI=1S/C26H23FN4O4S2/c27-18-6-4-17(5-7-18)16-31-24(33)20(37-25(31)36)15-19-22(28-21-3-1-2-10-30(21)23(19)32)29-11-8-26(9-12-29)34-13-14-35-26/h1-7,10,15H,8-9,11-14,16H2/b20-15+. The van der Waals surface area contributed by atoms with Gasteiger partial charge in [0.2, 0.25) is 0 Å². The smallest absolute Gasteiger partial charge is 0.267 e. The summed E-state index contributed by atoms with van der Waals surface area (Å²) in [5, 5.41) is 0. The lowest BCUT2D eigenvalue weighted by Crippen LogP contribution is -2.46. The molecule has 0 saturated carbocycles. The number of hydrogen-bond acceptors (Lipinski definition) is 8. The molecule has 1 spiro atoms. The number of aromatic nitrogens is 2. The Balaban J connectivity index is 1.35. The first-order chi connectivity index (χ1) is 17.9. The number of benzene rings is 1. The maximum atomic E-state index is 13.6. The van der Waals surface area contributed by atoms with E-state index in [1.807, 2.05) is 6.07 Å². The van der Waals surface area contributed by atoms with Crippen LogP contribution in [0.3, 0.4) is 0 Å². The second-order valence-electron chi connectivity index (χ2n) is 9.07. The van der Waals surface area contributed by atoms with Gasteiger partial charge in [-0.15, -0.1) is 0 Å². The van der Waals surface area contributed by atoms with E-state index < -0.39 is 5.79 Å². The lowest BCUT2D eigenvalue weighted by molar-refractivity contribution is -0.169. The summed E-state index contributed by atoms with van der Waals surface area (Å²) in [6.07, 6.45) is 4.57. The zero-order valence-electron chi connectivity index (χ0n) is 19.8. The molecule has 5 heterocycles. The molecule has 2 aromatic heterocycles. The first kappa shape index (κ1) is 24.2. The number of carbonyl (C=O) groups excluding carboxylic acids is 1. The topological polar surface area (TPSA) is 76.4 Å². The molecule has 3 aliphatic rings. The molecule has 0 bridgehead atoms. The predicted octanol–water partition coefficient (Wildman–Crippen LogP) is 3.58. The number of nitrogens with zero attached hydrogens (tertiary/aromatic N) is 4. The Morgan fingerprint density at radius 1 is 1.08 bits per heavy atom. The van der Waals surface area contributed by atoms with Crippen molar-refractivity contribution in [3.63, 3.8) is 0 Å². The average Bonchev–Trinajstić information content (AvgIpc) is 3.47. The number of amides is 1. The number of thioether (sulfide) groups is 1. The number of thiocarbonyl (C=S) groups is 1. The van der Waals surface area contributed by atoms with Crippen molar-refractivity contribution in [1.29, 1.82) is 0 Å². The van der Waals surface area contributed by atoms with Crippen LogP contribution in [0.2, 0.25) is 0 Å². The zero-order chi connectivity index (χ0) is 25.6. The molecule has 0 atom stereocenters. The highest BCUT2D eigenvalue weighted by molar-refractivity contribution is 8.26. The third kappa shape index (κ3) is 4.56. The van der Waals surface area contributed by atoms with Gasteiger partial charge in [0.05, 0.1) is 30.2 Å². The van der Waals surface area contributed by atoms with Crippen LogP contribution < -0.4 is 10.5 Å². The highest BCUT2D eigenvalue weighted by atomic mass is 32.2. The molecule has 11 heteroatoms. The van der Waals surface area contributed by atoms with Gasteiger partial charge in [0.1, 0.15) is 21.6 Å². The fourth-order valence-electron chi connectivity index (χ4n) is 4.84. The molecular weight excluding hydrogens is 515 g/mol. The van der Waals surface area contributed by atoms with Crippen LogP contribution in [-0.4, -0.2) is 56.6 Å². The van der Waals surface area contributed by atoms with E-state index in [4.69, 9.17) is 26.7 Å². The number of fused-ring (bicyclic) bond motifs is 1. The van der Waals surface area contributed by atoms with Crippen LogP contribution in [-0.2, 0) is 20.8 Å². The summed E-state index contributed by atoms with van der Waals surface area (Å²) in [5.74, 6) is -0.688. The number of halogens is 1. The summed E-state index contributed by atoms with van der Waals surface area (Å²) in [7, 11) is 0. The van der Waals surface area contributed by atoms with Gasteiger partial charge in [-0.1, -0.05) is 42.2 Å². The Morgan fingerprint density at radius 2 is 1.81 bits per heavy atom. The first-order valence-electron chi connectivity index (χ1n) is 12.0. The largest absolute Gasteiger partial charge is 0.355 e. The highest BCUT2D eigenvalue weighted by Gasteiger charge is 2.41. The van der Waals surface area contributed by atoms with Crippen LogP contribution >= 0.6 is 24.0 Å². The molecule has 8 nitrogen and oxygen atoms in total. The molecule has 37 heavy (non-hydrogen) atoms. The van der Waals surface area contributed by atoms with Gasteiger partial charge < -0.3 is 14.4 Å². The molecule has 0 N–H and O–H groups in total. The van der Waals surface area contributed by atoms with E-state index in [-0.39, 0.29) is 23.8 Å². The van der Waals surface area contributed by atoms with Crippen molar-refractivity contribution in [3.05, 3.63) is 80.9 Å². The van der Waals surface area contributed by atoms with Gasteiger partial charge in [-0.3, -0.25) is 18.9 Å². The summed E-state index contributed by atoms with van der Waals surface area (Å²) in [5.41, 5.74) is 1.34. The molecule has 3 fully saturated rings. The maximum Gasteiger partial charge on any atom is 0.267 e. The lowest BCUT2D eigenvalue weighted by atomic mass is 10.0. The molecule has 0 radical (unpaired) electrons. The van der Waals surface area contributed by atoms with E-state index >= 15 is 0 Å². The second-order valence-corrected chi connectivity index (χ2v) is 10.7. The van der Waals surface area contributed by atoms with Gasteiger partial charge in [0, 0.05) is 32.1 Å². The van der Waals surface area contributed by atoms with Crippen molar-refractivity contribution in [3.8, 4) is 0 Å². The molecule has 0 unspecified atom stereocenters. The molecule has 6 rings (SSSR count). The summed E-state index contributed by atoms with van der Waals surface area (Å²) in [6, 6.07) is 11.3. The molecule has 0 aliphatic carbocycles. The highest BCUT2D eigenvalue weighted by Crippen LogP contribution is 2.36. The van der Waals surface area contributed by atoms with E-state index in [0.717, 1.165) is 17.3 Å². The Bertz CT molecular complexity index is 1470. The minimum absolute atomic E-state index is 0.221. The average molecular weight is 539 g/mol. The van der Waals surface area contributed by atoms with Crippen molar-refractivity contribution in [2.75, 3.05) is 31.2 Å². The Hall–Kier alpha value is -3.12. The molecular formula is C26H23FN4O4S2. The molecule has 3 saturated heterocycles. The van der Waals surface area contributed by atoms with Gasteiger partial charge in [0.15, 0.2) is 5.79 Å². The minimum Gasteiger partial charge on any atom is -0.355 e.